The summed E-state index contributed by atoms with van der Waals surface area (Å²) in [6, 6.07) is 0. The Balaban J connectivity index is 2.23. The average molecular weight is 280 g/mol. The van der Waals surface area contributed by atoms with Crippen LogP contribution < -0.4 is 0 Å². The second-order valence-electron chi connectivity index (χ2n) is 5.66. The summed E-state index contributed by atoms with van der Waals surface area (Å²) in [5.41, 5.74) is -3.49. The molecular formula is C13H16F4O2. The Labute approximate surface area is 108 Å². The van der Waals surface area contributed by atoms with E-state index in [2.05, 4.69) is 0 Å². The Morgan fingerprint density at radius 1 is 1.42 bits per heavy atom. The van der Waals surface area contributed by atoms with Gasteiger partial charge in [0, 0.05) is 5.92 Å². The number of fused-ring (bicyclic) bond motifs is 2. The summed E-state index contributed by atoms with van der Waals surface area (Å²) in [7, 11) is 0. The fourth-order valence-corrected chi connectivity index (χ4v) is 2.90. The lowest BCUT2D eigenvalue weighted by molar-refractivity contribution is -0.256. The highest BCUT2D eigenvalue weighted by atomic mass is 19.4. The lowest BCUT2D eigenvalue weighted by atomic mass is 9.79. The van der Waals surface area contributed by atoms with Gasteiger partial charge < -0.3 is 4.74 Å². The van der Waals surface area contributed by atoms with Gasteiger partial charge in [-0.3, -0.25) is 4.79 Å². The predicted molar refractivity (Wildman–Crippen MR) is 59.9 cm³/mol. The maximum absolute atomic E-state index is 14.5. The van der Waals surface area contributed by atoms with Gasteiger partial charge in [0.25, 0.3) is 0 Å². The van der Waals surface area contributed by atoms with Crippen LogP contribution in [0.15, 0.2) is 12.2 Å². The van der Waals surface area contributed by atoms with Crippen molar-refractivity contribution in [1.82, 2.24) is 0 Å². The van der Waals surface area contributed by atoms with E-state index in [9.17, 15) is 22.4 Å². The number of alkyl halides is 4. The van der Waals surface area contributed by atoms with Crippen LogP contribution >= 0.6 is 0 Å². The quantitative estimate of drug-likeness (QED) is 0.450. The van der Waals surface area contributed by atoms with Crippen LogP contribution in [0.1, 0.15) is 20.3 Å². The van der Waals surface area contributed by atoms with E-state index in [0.29, 0.717) is 0 Å². The highest BCUT2D eigenvalue weighted by Crippen LogP contribution is 2.59. The normalized spacial score (nSPS) is 37.1. The van der Waals surface area contributed by atoms with Crippen molar-refractivity contribution in [1.29, 1.82) is 0 Å². The van der Waals surface area contributed by atoms with E-state index in [4.69, 9.17) is 4.74 Å². The molecule has 19 heavy (non-hydrogen) atoms. The molecule has 2 rings (SSSR count). The molecule has 0 aromatic carbocycles. The molecule has 108 valence electrons. The molecule has 4 atom stereocenters. The summed E-state index contributed by atoms with van der Waals surface area (Å²) in [6.45, 7) is 3.53. The molecule has 4 unspecified atom stereocenters. The van der Waals surface area contributed by atoms with Gasteiger partial charge in [0.1, 0.15) is 5.92 Å². The molecule has 2 aliphatic carbocycles. The number of carbonyl (C=O) groups is 1. The number of hydrogen-bond acceptors (Lipinski definition) is 2. The summed E-state index contributed by atoms with van der Waals surface area (Å²) in [5.74, 6) is -4.82. The van der Waals surface area contributed by atoms with Gasteiger partial charge in [-0.1, -0.05) is 26.0 Å². The summed E-state index contributed by atoms with van der Waals surface area (Å²) in [4.78, 5) is 11.8. The third kappa shape index (κ3) is 2.15. The third-order valence-corrected chi connectivity index (χ3v) is 3.78. The minimum Gasteiger partial charge on any atom is -0.465 e. The van der Waals surface area contributed by atoms with Crippen LogP contribution in [0.3, 0.4) is 0 Å². The molecular weight excluding hydrogens is 264 g/mol. The lowest BCUT2D eigenvalue weighted by Crippen LogP contribution is -2.53. The summed E-state index contributed by atoms with van der Waals surface area (Å²) in [5, 5.41) is 0. The Bertz CT molecular complexity index is 402. The molecule has 0 aromatic heterocycles. The average Bonchev–Trinajstić information content (AvgIpc) is 2.83. The number of allylic oxidation sites excluding steroid dienone is 2. The SMILES string of the molecule is CC(C)COC(=O)C1C2C=CC(C2)C1(F)C(F)(F)F. The molecule has 0 heterocycles. The monoisotopic (exact) mass is 280 g/mol. The Kier molecular flexibility index (Phi) is 3.39. The highest BCUT2D eigenvalue weighted by Gasteiger charge is 2.73. The van der Waals surface area contributed by atoms with Crippen molar-refractivity contribution in [2.24, 2.45) is 23.7 Å². The first kappa shape index (κ1) is 14.3. The molecule has 1 saturated carbocycles. The van der Waals surface area contributed by atoms with Crippen molar-refractivity contribution in [3.8, 4) is 0 Å². The largest absolute Gasteiger partial charge is 0.465 e. The van der Waals surface area contributed by atoms with E-state index in [1.165, 1.54) is 12.2 Å². The van der Waals surface area contributed by atoms with E-state index in [-0.39, 0.29) is 18.9 Å². The van der Waals surface area contributed by atoms with Gasteiger partial charge in [-0.2, -0.15) is 13.2 Å². The van der Waals surface area contributed by atoms with E-state index in [1.807, 2.05) is 0 Å². The molecule has 2 aliphatic rings. The Morgan fingerprint density at radius 3 is 2.58 bits per heavy atom. The van der Waals surface area contributed by atoms with Gasteiger partial charge in [0.05, 0.1) is 6.61 Å². The molecule has 0 saturated heterocycles. The van der Waals surface area contributed by atoms with Crippen molar-refractivity contribution in [3.63, 3.8) is 0 Å². The van der Waals surface area contributed by atoms with Crippen molar-refractivity contribution in [2.45, 2.75) is 32.1 Å². The molecule has 1 fully saturated rings. The van der Waals surface area contributed by atoms with Crippen LogP contribution in [-0.2, 0) is 9.53 Å². The van der Waals surface area contributed by atoms with Gasteiger partial charge in [0.15, 0.2) is 0 Å². The molecule has 2 bridgehead atoms. The summed E-state index contributed by atoms with van der Waals surface area (Å²) < 4.78 is 58.3. The number of esters is 1. The Morgan fingerprint density at radius 2 is 2.05 bits per heavy atom. The van der Waals surface area contributed by atoms with Crippen LogP contribution in [0.5, 0.6) is 0 Å². The number of halogens is 4. The molecule has 6 heteroatoms. The Hall–Kier alpha value is -1.07. The van der Waals surface area contributed by atoms with Crippen LogP contribution in [0, 0.1) is 23.7 Å². The standard InChI is InChI=1S/C13H16F4O2/c1-7(2)6-19-11(18)10-8-3-4-9(5-8)12(10,14)13(15,16)17/h3-4,7-10H,5-6H2,1-2H3. The maximum Gasteiger partial charge on any atom is 0.423 e. The zero-order valence-corrected chi connectivity index (χ0v) is 10.7. The second kappa shape index (κ2) is 4.49. The fraction of sp³-hybridized carbons (Fsp3) is 0.769. The second-order valence-corrected chi connectivity index (χ2v) is 5.66. The number of rotatable bonds is 3. The fourth-order valence-electron chi connectivity index (χ4n) is 2.90. The highest BCUT2D eigenvalue weighted by molar-refractivity contribution is 5.76. The first-order chi connectivity index (χ1) is 8.68. The lowest BCUT2D eigenvalue weighted by Gasteiger charge is -2.34. The minimum absolute atomic E-state index is 0.00187. The van der Waals surface area contributed by atoms with E-state index in [0.717, 1.165) is 0 Å². The zero-order valence-electron chi connectivity index (χ0n) is 10.7. The molecule has 2 nitrogen and oxygen atoms in total. The topological polar surface area (TPSA) is 26.3 Å². The number of ether oxygens (including phenoxy) is 1. The van der Waals surface area contributed by atoms with Gasteiger partial charge in [-0.25, -0.2) is 4.39 Å². The van der Waals surface area contributed by atoms with Gasteiger partial charge in [0.2, 0.25) is 5.67 Å². The molecule has 0 aromatic rings. The van der Waals surface area contributed by atoms with Crippen molar-refractivity contribution in [2.75, 3.05) is 6.61 Å². The summed E-state index contributed by atoms with van der Waals surface area (Å²) in [6.07, 6.45) is -2.31. The zero-order chi connectivity index (χ0) is 14.4. The van der Waals surface area contributed by atoms with E-state index < -0.39 is 35.6 Å². The molecule has 0 amide bonds. The maximum atomic E-state index is 14.5. The third-order valence-electron chi connectivity index (χ3n) is 3.78. The van der Waals surface area contributed by atoms with Crippen molar-refractivity contribution in [3.05, 3.63) is 12.2 Å². The number of carbonyl (C=O) groups excluding carboxylic acids is 1. The van der Waals surface area contributed by atoms with E-state index in [1.54, 1.807) is 13.8 Å². The van der Waals surface area contributed by atoms with Crippen LogP contribution in [-0.4, -0.2) is 24.4 Å². The minimum atomic E-state index is -5.06. The smallest absolute Gasteiger partial charge is 0.423 e. The van der Waals surface area contributed by atoms with Crippen LogP contribution in [0.25, 0.3) is 0 Å². The van der Waals surface area contributed by atoms with Gasteiger partial charge >= 0.3 is 12.1 Å². The van der Waals surface area contributed by atoms with Gasteiger partial charge in [-0.05, 0) is 18.3 Å². The molecule has 0 N–H and O–H groups in total. The van der Waals surface area contributed by atoms with E-state index >= 15 is 0 Å². The molecule has 0 spiro atoms. The van der Waals surface area contributed by atoms with Crippen LogP contribution in [0.4, 0.5) is 17.6 Å². The van der Waals surface area contributed by atoms with Gasteiger partial charge in [-0.15, -0.1) is 0 Å². The van der Waals surface area contributed by atoms with Crippen LogP contribution in [0.2, 0.25) is 0 Å². The predicted octanol–water partition coefficient (Wildman–Crippen LogP) is 3.28. The molecule has 0 aliphatic heterocycles. The first-order valence-corrected chi connectivity index (χ1v) is 6.28. The summed E-state index contributed by atoms with van der Waals surface area (Å²) >= 11 is 0. The number of hydrogen-bond donors (Lipinski definition) is 0. The van der Waals surface area contributed by atoms with Crippen molar-refractivity contribution < 1.29 is 27.1 Å². The van der Waals surface area contributed by atoms with Crippen molar-refractivity contribution >= 4 is 5.97 Å². The molecule has 0 radical (unpaired) electrons. The first-order valence-electron chi connectivity index (χ1n) is 6.28.